The smallest absolute Gasteiger partial charge is 0.266 e. The van der Waals surface area contributed by atoms with Gasteiger partial charge in [-0.1, -0.05) is 6.07 Å². The molecule has 8 heteroatoms. The van der Waals surface area contributed by atoms with Crippen LogP contribution in [-0.4, -0.2) is 37.4 Å². The molecule has 4 heterocycles. The molecule has 3 aromatic heterocycles. The quantitative estimate of drug-likeness (QED) is 0.415. The van der Waals surface area contributed by atoms with Crippen LogP contribution in [0.5, 0.6) is 11.5 Å². The highest BCUT2D eigenvalue weighted by Crippen LogP contribution is 2.33. The summed E-state index contributed by atoms with van der Waals surface area (Å²) >= 11 is 0. The SMILES string of the molecule is Cc1cc(C)cc(-n2ccc3c(cnc4nc(-c5ccc6c(c5)OCCCO6)nn43)c2=O)c1. The minimum Gasteiger partial charge on any atom is -0.490 e. The fourth-order valence-electron chi connectivity index (χ4n) is 4.24. The maximum absolute atomic E-state index is 13.3. The lowest BCUT2D eigenvalue weighted by Crippen LogP contribution is -2.19. The third-order valence-corrected chi connectivity index (χ3v) is 5.72. The molecular weight excluding hydrogens is 418 g/mol. The average Bonchev–Trinajstić information content (AvgIpc) is 3.10. The summed E-state index contributed by atoms with van der Waals surface area (Å²) < 4.78 is 14.8. The molecule has 2 aromatic carbocycles. The van der Waals surface area contributed by atoms with Gasteiger partial charge in [-0.3, -0.25) is 9.36 Å². The molecule has 0 amide bonds. The van der Waals surface area contributed by atoms with E-state index in [2.05, 4.69) is 21.1 Å². The van der Waals surface area contributed by atoms with E-state index in [0.717, 1.165) is 34.5 Å². The van der Waals surface area contributed by atoms with Crippen molar-refractivity contribution in [1.82, 2.24) is 24.1 Å². The highest BCUT2D eigenvalue weighted by molar-refractivity contribution is 5.79. The summed E-state index contributed by atoms with van der Waals surface area (Å²) in [5, 5.41) is 5.13. The van der Waals surface area contributed by atoms with Gasteiger partial charge < -0.3 is 9.47 Å². The standard InChI is InChI=1S/C25H21N5O3/c1-15-10-16(2)12-18(11-15)29-7-6-20-19(24(29)31)14-26-25-27-23(28-30(20)25)17-4-5-21-22(13-17)33-9-3-8-32-21/h4-7,10-14H,3,8-9H2,1-2H3. The van der Waals surface area contributed by atoms with Crippen LogP contribution in [0.3, 0.4) is 0 Å². The van der Waals surface area contributed by atoms with E-state index in [1.54, 1.807) is 21.5 Å². The van der Waals surface area contributed by atoms with Crippen molar-refractivity contribution in [3.05, 3.63) is 76.3 Å². The van der Waals surface area contributed by atoms with Gasteiger partial charge in [0, 0.05) is 30.1 Å². The van der Waals surface area contributed by atoms with E-state index >= 15 is 0 Å². The highest BCUT2D eigenvalue weighted by Gasteiger charge is 2.16. The zero-order valence-electron chi connectivity index (χ0n) is 18.3. The third kappa shape index (κ3) is 3.31. The molecule has 0 unspecified atom stereocenters. The zero-order valence-corrected chi connectivity index (χ0v) is 18.3. The van der Waals surface area contributed by atoms with Crippen molar-refractivity contribution in [2.75, 3.05) is 13.2 Å². The molecule has 0 N–H and O–H groups in total. The maximum atomic E-state index is 13.3. The van der Waals surface area contributed by atoms with E-state index in [0.29, 0.717) is 41.5 Å². The molecule has 8 nitrogen and oxygen atoms in total. The Bertz CT molecular complexity index is 1580. The van der Waals surface area contributed by atoms with Crippen molar-refractivity contribution in [3.63, 3.8) is 0 Å². The van der Waals surface area contributed by atoms with Crippen LogP contribution in [0.2, 0.25) is 0 Å². The Kier molecular flexibility index (Phi) is 4.39. The van der Waals surface area contributed by atoms with E-state index in [-0.39, 0.29) is 5.56 Å². The van der Waals surface area contributed by atoms with Crippen LogP contribution in [-0.2, 0) is 0 Å². The molecule has 1 aliphatic heterocycles. The first kappa shape index (κ1) is 19.5. The second-order valence-corrected chi connectivity index (χ2v) is 8.25. The number of hydrogen-bond donors (Lipinski definition) is 0. The van der Waals surface area contributed by atoms with Gasteiger partial charge in [-0.15, -0.1) is 5.10 Å². The molecule has 1 aliphatic rings. The largest absolute Gasteiger partial charge is 0.490 e. The van der Waals surface area contributed by atoms with Crippen LogP contribution >= 0.6 is 0 Å². The number of ether oxygens (including phenoxy) is 2. The second kappa shape index (κ2) is 7.44. The van der Waals surface area contributed by atoms with Crippen molar-refractivity contribution < 1.29 is 9.47 Å². The molecule has 0 spiro atoms. The first-order valence-corrected chi connectivity index (χ1v) is 10.8. The van der Waals surface area contributed by atoms with E-state index in [4.69, 9.17) is 9.47 Å². The number of aryl methyl sites for hydroxylation is 2. The Morgan fingerprint density at radius 1 is 0.939 bits per heavy atom. The van der Waals surface area contributed by atoms with Gasteiger partial charge in [-0.05, 0) is 61.4 Å². The number of fused-ring (bicyclic) bond motifs is 4. The van der Waals surface area contributed by atoms with E-state index in [1.807, 2.05) is 50.2 Å². The number of hydrogen-bond acceptors (Lipinski definition) is 6. The first-order valence-electron chi connectivity index (χ1n) is 10.8. The minimum atomic E-state index is -0.153. The van der Waals surface area contributed by atoms with Crippen molar-refractivity contribution in [2.24, 2.45) is 0 Å². The predicted molar refractivity (Wildman–Crippen MR) is 124 cm³/mol. The van der Waals surface area contributed by atoms with E-state index in [9.17, 15) is 4.79 Å². The van der Waals surface area contributed by atoms with E-state index in [1.165, 1.54) is 0 Å². The van der Waals surface area contributed by atoms with Crippen molar-refractivity contribution >= 4 is 16.7 Å². The second-order valence-electron chi connectivity index (χ2n) is 8.25. The van der Waals surface area contributed by atoms with Gasteiger partial charge in [0.15, 0.2) is 17.3 Å². The summed E-state index contributed by atoms with van der Waals surface area (Å²) in [6.45, 7) is 5.27. The Labute approximate surface area is 189 Å². The molecule has 164 valence electrons. The monoisotopic (exact) mass is 439 g/mol. The Morgan fingerprint density at radius 2 is 1.73 bits per heavy atom. The van der Waals surface area contributed by atoms with Crippen LogP contribution in [0.15, 0.2) is 59.7 Å². The summed E-state index contributed by atoms with van der Waals surface area (Å²) in [5.74, 6) is 2.32. The van der Waals surface area contributed by atoms with Crippen molar-refractivity contribution in [3.8, 4) is 28.6 Å². The van der Waals surface area contributed by atoms with Gasteiger partial charge >= 0.3 is 0 Å². The Hall–Kier alpha value is -4.20. The maximum Gasteiger partial charge on any atom is 0.266 e. The normalized spacial score (nSPS) is 13.4. The molecule has 6 rings (SSSR count). The number of nitrogens with zero attached hydrogens (tertiary/aromatic N) is 5. The lowest BCUT2D eigenvalue weighted by Gasteiger charge is -2.09. The summed E-state index contributed by atoms with van der Waals surface area (Å²) in [5.41, 5.74) is 4.31. The third-order valence-electron chi connectivity index (χ3n) is 5.72. The number of aromatic nitrogens is 5. The molecule has 0 aliphatic carbocycles. The fraction of sp³-hybridized carbons (Fsp3) is 0.200. The molecule has 0 atom stereocenters. The fourth-order valence-corrected chi connectivity index (χ4v) is 4.24. The van der Waals surface area contributed by atoms with Crippen LogP contribution in [0, 0.1) is 13.8 Å². The molecule has 0 fully saturated rings. The molecule has 5 aromatic rings. The molecule has 33 heavy (non-hydrogen) atoms. The van der Waals surface area contributed by atoms with Crippen molar-refractivity contribution in [1.29, 1.82) is 0 Å². The summed E-state index contributed by atoms with van der Waals surface area (Å²) in [6, 6.07) is 13.6. The van der Waals surface area contributed by atoms with Gasteiger partial charge in [0.25, 0.3) is 11.3 Å². The first-order chi connectivity index (χ1) is 16.1. The van der Waals surface area contributed by atoms with Gasteiger partial charge in [-0.2, -0.15) is 9.50 Å². The van der Waals surface area contributed by atoms with Gasteiger partial charge in [0.2, 0.25) is 0 Å². The topological polar surface area (TPSA) is 83.5 Å². The Balaban J connectivity index is 1.48. The summed E-state index contributed by atoms with van der Waals surface area (Å²) in [6.07, 6.45) is 4.18. The average molecular weight is 439 g/mol. The zero-order chi connectivity index (χ0) is 22.5. The van der Waals surface area contributed by atoms with Crippen LogP contribution in [0.1, 0.15) is 17.5 Å². The van der Waals surface area contributed by atoms with Crippen LogP contribution in [0.25, 0.3) is 33.8 Å². The molecular formula is C25H21N5O3. The summed E-state index contributed by atoms with van der Waals surface area (Å²) in [7, 11) is 0. The van der Waals surface area contributed by atoms with Crippen LogP contribution in [0.4, 0.5) is 0 Å². The molecule has 0 saturated carbocycles. The van der Waals surface area contributed by atoms with Gasteiger partial charge in [0.05, 0.1) is 24.1 Å². The Morgan fingerprint density at radius 3 is 2.55 bits per heavy atom. The number of pyridine rings is 1. The molecule has 0 bridgehead atoms. The number of rotatable bonds is 2. The van der Waals surface area contributed by atoms with E-state index < -0.39 is 0 Å². The summed E-state index contributed by atoms with van der Waals surface area (Å²) in [4.78, 5) is 22.3. The molecule has 0 saturated heterocycles. The highest BCUT2D eigenvalue weighted by atomic mass is 16.5. The van der Waals surface area contributed by atoms with Crippen molar-refractivity contribution in [2.45, 2.75) is 20.3 Å². The van der Waals surface area contributed by atoms with Crippen LogP contribution < -0.4 is 15.0 Å². The molecule has 0 radical (unpaired) electrons. The van der Waals surface area contributed by atoms with Gasteiger partial charge in [0.1, 0.15) is 0 Å². The lowest BCUT2D eigenvalue weighted by molar-refractivity contribution is 0.297. The number of benzene rings is 2. The van der Waals surface area contributed by atoms with Gasteiger partial charge in [-0.25, -0.2) is 4.98 Å². The lowest BCUT2D eigenvalue weighted by atomic mass is 10.1. The minimum absolute atomic E-state index is 0.153. The predicted octanol–water partition coefficient (Wildman–Crippen LogP) is 3.87.